The van der Waals surface area contributed by atoms with Crippen molar-refractivity contribution in [3.63, 3.8) is 0 Å². The van der Waals surface area contributed by atoms with Crippen molar-refractivity contribution >= 4 is 5.97 Å². The lowest BCUT2D eigenvalue weighted by molar-refractivity contribution is -0.132. The SMILES string of the molecule is C=C(C)C(=O)O.C=CC#N.C=CC#N.C=CC=C. The molecule has 0 aliphatic heterocycles. The zero-order valence-corrected chi connectivity index (χ0v) is 10.6. The Morgan fingerprint density at radius 3 is 1.22 bits per heavy atom. The van der Waals surface area contributed by atoms with Crippen molar-refractivity contribution in [3.8, 4) is 12.1 Å². The van der Waals surface area contributed by atoms with E-state index in [0.29, 0.717) is 0 Å². The van der Waals surface area contributed by atoms with Gasteiger partial charge in [0.05, 0.1) is 12.1 Å². The summed E-state index contributed by atoms with van der Waals surface area (Å²) >= 11 is 0. The van der Waals surface area contributed by atoms with Gasteiger partial charge in [-0.1, -0.05) is 45.0 Å². The Balaban J connectivity index is -0.0000000742. The van der Waals surface area contributed by atoms with Gasteiger partial charge in [-0.15, -0.1) is 0 Å². The van der Waals surface area contributed by atoms with E-state index in [0.717, 1.165) is 0 Å². The fourth-order valence-electron chi connectivity index (χ4n) is 0. The van der Waals surface area contributed by atoms with Crippen LogP contribution in [-0.4, -0.2) is 11.1 Å². The van der Waals surface area contributed by atoms with Crippen LogP contribution in [0, 0.1) is 22.7 Å². The van der Waals surface area contributed by atoms with Gasteiger partial charge in [0.15, 0.2) is 0 Å². The molecule has 0 spiro atoms. The number of hydrogen-bond acceptors (Lipinski definition) is 3. The number of carbonyl (C=O) groups is 1. The Labute approximate surface area is 109 Å². The second-order valence-electron chi connectivity index (χ2n) is 2.22. The highest BCUT2D eigenvalue weighted by molar-refractivity contribution is 5.84. The molecule has 4 nitrogen and oxygen atoms in total. The fourth-order valence-corrected chi connectivity index (χ4v) is 0. The summed E-state index contributed by atoms with van der Waals surface area (Å²) in [6, 6.07) is 3.39. The third-order valence-electron chi connectivity index (χ3n) is 0.714. The minimum Gasteiger partial charge on any atom is -0.478 e. The molecule has 0 aromatic rings. The highest BCUT2D eigenvalue weighted by Crippen LogP contribution is 1.81. The lowest BCUT2D eigenvalue weighted by Crippen LogP contribution is -1.92. The second-order valence-corrected chi connectivity index (χ2v) is 2.22. The molecule has 0 aliphatic rings. The maximum absolute atomic E-state index is 9.60. The van der Waals surface area contributed by atoms with E-state index in [1.807, 2.05) is 0 Å². The quantitative estimate of drug-likeness (QED) is 0.459. The largest absolute Gasteiger partial charge is 0.478 e. The average Bonchev–Trinajstić information content (AvgIpc) is 2.39. The zero-order valence-electron chi connectivity index (χ0n) is 10.6. The predicted octanol–water partition coefficient (Wildman–Crippen LogP) is 3.40. The lowest BCUT2D eigenvalue weighted by Gasteiger charge is -1.79. The summed E-state index contributed by atoms with van der Waals surface area (Å²) in [5, 5.41) is 22.9. The van der Waals surface area contributed by atoms with E-state index in [9.17, 15) is 4.79 Å². The third kappa shape index (κ3) is 113. The van der Waals surface area contributed by atoms with Gasteiger partial charge >= 0.3 is 5.97 Å². The van der Waals surface area contributed by atoms with Crippen LogP contribution in [0.2, 0.25) is 0 Å². The normalized spacial score (nSPS) is 5.28. The van der Waals surface area contributed by atoms with Gasteiger partial charge in [0.25, 0.3) is 0 Å². The molecule has 0 amide bonds. The minimum atomic E-state index is -0.935. The lowest BCUT2D eigenvalue weighted by atomic mass is 10.4. The zero-order chi connectivity index (χ0) is 15.4. The summed E-state index contributed by atoms with van der Waals surface area (Å²) < 4.78 is 0. The van der Waals surface area contributed by atoms with E-state index in [2.05, 4.69) is 32.9 Å². The molecule has 18 heavy (non-hydrogen) atoms. The summed E-state index contributed by atoms with van der Waals surface area (Å²) in [5.74, 6) is -0.935. The molecule has 0 saturated heterocycles. The first-order valence-corrected chi connectivity index (χ1v) is 4.52. The number of carboxylic acid groups (broad SMARTS) is 1. The fraction of sp³-hybridized carbons (Fsp3) is 0.0714. The number of rotatable bonds is 2. The first-order valence-electron chi connectivity index (χ1n) is 4.52. The summed E-state index contributed by atoms with van der Waals surface area (Å²) in [7, 11) is 0. The third-order valence-corrected chi connectivity index (χ3v) is 0.714. The van der Waals surface area contributed by atoms with E-state index in [1.54, 1.807) is 24.3 Å². The summed E-state index contributed by atoms with van der Waals surface area (Å²) in [5.41, 5.74) is 0.176. The van der Waals surface area contributed by atoms with Crippen molar-refractivity contribution in [1.82, 2.24) is 0 Å². The Bertz CT molecular complexity index is 319. The van der Waals surface area contributed by atoms with Gasteiger partial charge in [-0.05, 0) is 6.92 Å². The van der Waals surface area contributed by atoms with Crippen LogP contribution in [0.3, 0.4) is 0 Å². The molecule has 0 unspecified atom stereocenters. The molecular formula is C14H18N2O2. The van der Waals surface area contributed by atoms with Crippen molar-refractivity contribution in [3.05, 3.63) is 62.8 Å². The number of aliphatic carboxylic acids is 1. The smallest absolute Gasteiger partial charge is 0.330 e. The molecule has 0 radical (unpaired) electrons. The van der Waals surface area contributed by atoms with Crippen LogP contribution >= 0.6 is 0 Å². The Kier molecular flexibility index (Phi) is 39.6. The molecule has 0 bridgehead atoms. The van der Waals surface area contributed by atoms with E-state index < -0.39 is 5.97 Å². The van der Waals surface area contributed by atoms with Gasteiger partial charge in [0.2, 0.25) is 0 Å². The van der Waals surface area contributed by atoms with E-state index in [-0.39, 0.29) is 5.57 Å². The molecule has 0 rings (SSSR count). The van der Waals surface area contributed by atoms with Crippen LogP contribution in [0.1, 0.15) is 6.92 Å². The molecule has 4 heteroatoms. The molecule has 0 atom stereocenters. The highest BCUT2D eigenvalue weighted by Gasteiger charge is 1.90. The van der Waals surface area contributed by atoms with Gasteiger partial charge in [0, 0.05) is 17.7 Å². The topological polar surface area (TPSA) is 84.9 Å². The average molecular weight is 246 g/mol. The van der Waals surface area contributed by atoms with Crippen LogP contribution in [0.4, 0.5) is 0 Å². The molecular weight excluding hydrogens is 228 g/mol. The Morgan fingerprint density at radius 1 is 1.06 bits per heavy atom. The maximum Gasteiger partial charge on any atom is 0.330 e. The van der Waals surface area contributed by atoms with Gasteiger partial charge < -0.3 is 5.11 Å². The van der Waals surface area contributed by atoms with Crippen LogP contribution in [-0.2, 0) is 4.79 Å². The van der Waals surface area contributed by atoms with Gasteiger partial charge in [-0.25, -0.2) is 4.79 Å². The van der Waals surface area contributed by atoms with Crippen molar-refractivity contribution in [2.24, 2.45) is 0 Å². The minimum absolute atomic E-state index is 0.176. The predicted molar refractivity (Wildman–Crippen MR) is 74.5 cm³/mol. The van der Waals surface area contributed by atoms with Crippen LogP contribution in [0.25, 0.3) is 0 Å². The number of allylic oxidation sites excluding steroid dienone is 4. The molecule has 0 fully saturated rings. The Morgan fingerprint density at radius 2 is 1.22 bits per heavy atom. The van der Waals surface area contributed by atoms with Crippen LogP contribution in [0.15, 0.2) is 62.8 Å². The van der Waals surface area contributed by atoms with E-state index in [4.69, 9.17) is 15.6 Å². The number of nitrogens with zero attached hydrogens (tertiary/aromatic N) is 2. The molecule has 0 heterocycles. The van der Waals surface area contributed by atoms with Crippen molar-refractivity contribution in [2.45, 2.75) is 6.92 Å². The van der Waals surface area contributed by atoms with E-state index >= 15 is 0 Å². The van der Waals surface area contributed by atoms with Crippen molar-refractivity contribution in [1.29, 1.82) is 10.5 Å². The van der Waals surface area contributed by atoms with Gasteiger partial charge in [-0.3, -0.25) is 0 Å². The number of nitriles is 2. The monoisotopic (exact) mass is 246 g/mol. The van der Waals surface area contributed by atoms with Gasteiger partial charge in [0.1, 0.15) is 0 Å². The number of hydrogen-bond donors (Lipinski definition) is 1. The molecule has 0 saturated carbocycles. The summed E-state index contributed by atoms with van der Waals surface area (Å²) in [6.45, 7) is 17.6. The van der Waals surface area contributed by atoms with Gasteiger partial charge in [-0.2, -0.15) is 10.5 Å². The number of carboxylic acids is 1. The highest BCUT2D eigenvalue weighted by atomic mass is 16.4. The molecule has 1 N–H and O–H groups in total. The van der Waals surface area contributed by atoms with Crippen molar-refractivity contribution < 1.29 is 9.90 Å². The second kappa shape index (κ2) is 29.2. The summed E-state index contributed by atoms with van der Waals surface area (Å²) in [6.07, 6.45) is 5.64. The standard InChI is InChI=1S/C4H6O2.C4H6.2C3H3N/c1-3(2)4(5)6;1-3-4-2;2*1-2-3-4/h1H2,2H3,(H,5,6);3-4H,1-2H2;2*2H,1H2. The van der Waals surface area contributed by atoms with Crippen molar-refractivity contribution in [2.75, 3.05) is 0 Å². The molecule has 0 aromatic heterocycles. The summed E-state index contributed by atoms with van der Waals surface area (Å²) in [4.78, 5) is 9.60. The maximum atomic E-state index is 9.60. The molecule has 0 aliphatic carbocycles. The first kappa shape index (κ1) is 24.4. The van der Waals surface area contributed by atoms with E-state index in [1.165, 1.54) is 19.1 Å². The Hall–Kier alpha value is -2.85. The first-order chi connectivity index (χ1) is 8.39. The molecule has 0 aromatic carbocycles. The van der Waals surface area contributed by atoms with Crippen LogP contribution < -0.4 is 0 Å². The van der Waals surface area contributed by atoms with Crippen LogP contribution in [0.5, 0.6) is 0 Å². The molecule has 96 valence electrons.